The van der Waals surface area contributed by atoms with Gasteiger partial charge in [-0.1, -0.05) is 12.8 Å². The van der Waals surface area contributed by atoms with E-state index in [9.17, 15) is 5.11 Å². The lowest BCUT2D eigenvalue weighted by Crippen LogP contribution is -2.43. The van der Waals surface area contributed by atoms with Crippen molar-refractivity contribution in [1.82, 2.24) is 9.97 Å². The van der Waals surface area contributed by atoms with Crippen LogP contribution in [0, 0.1) is 12.8 Å². The number of aryl methyl sites for hydroxylation is 1. The van der Waals surface area contributed by atoms with Gasteiger partial charge in [-0.15, -0.1) is 0 Å². The Kier molecular flexibility index (Phi) is 4.29. The summed E-state index contributed by atoms with van der Waals surface area (Å²) in [6.07, 6.45) is 6.53. The lowest BCUT2D eigenvalue weighted by molar-refractivity contribution is 0.0564. The molecule has 5 heteroatoms. The summed E-state index contributed by atoms with van der Waals surface area (Å²) in [7, 11) is 1.64. The van der Waals surface area contributed by atoms with Gasteiger partial charge in [0, 0.05) is 30.3 Å². The summed E-state index contributed by atoms with van der Waals surface area (Å²) in [5, 5.41) is 10.4. The molecule has 1 aliphatic carbocycles. The first-order chi connectivity index (χ1) is 10.2. The van der Waals surface area contributed by atoms with Gasteiger partial charge in [0.25, 0.3) is 0 Å². The number of anilines is 1. The Bertz CT molecular complexity index is 494. The summed E-state index contributed by atoms with van der Waals surface area (Å²) in [5.74, 6) is 1.73. The molecule has 1 saturated carbocycles. The number of aliphatic hydroxyl groups excluding tert-OH is 1. The fraction of sp³-hybridized carbons (Fsp3) is 0.750. The van der Waals surface area contributed by atoms with Crippen molar-refractivity contribution in [2.75, 3.05) is 18.6 Å². The van der Waals surface area contributed by atoms with E-state index >= 15 is 0 Å². The van der Waals surface area contributed by atoms with Crippen LogP contribution in [0.5, 0.6) is 5.88 Å². The van der Waals surface area contributed by atoms with Crippen LogP contribution in [0.1, 0.15) is 44.2 Å². The van der Waals surface area contributed by atoms with Gasteiger partial charge in [0.05, 0.1) is 13.2 Å². The van der Waals surface area contributed by atoms with Gasteiger partial charge in [0.2, 0.25) is 11.8 Å². The first-order valence-corrected chi connectivity index (χ1v) is 8.03. The number of ether oxygens (including phenoxy) is 1. The van der Waals surface area contributed by atoms with Gasteiger partial charge >= 0.3 is 0 Å². The molecule has 21 heavy (non-hydrogen) atoms. The summed E-state index contributed by atoms with van der Waals surface area (Å²) in [6, 6.07) is 2.22. The van der Waals surface area contributed by atoms with Gasteiger partial charge in [0.1, 0.15) is 0 Å². The molecule has 1 aromatic heterocycles. The zero-order valence-corrected chi connectivity index (χ0v) is 13.0. The molecule has 116 valence electrons. The molecule has 1 aromatic rings. The summed E-state index contributed by atoms with van der Waals surface area (Å²) in [5.41, 5.74) is 0.923. The molecule has 0 aromatic carbocycles. The SMILES string of the molecule is COc1cc(C)nc(N2CCC[C@@H]2[C@H]2CCCC[C@@H]2O)n1. The van der Waals surface area contributed by atoms with Gasteiger partial charge in [0.15, 0.2) is 0 Å². The Hall–Kier alpha value is -1.36. The van der Waals surface area contributed by atoms with E-state index in [2.05, 4.69) is 14.9 Å². The average Bonchev–Trinajstić information content (AvgIpc) is 2.96. The molecule has 2 fully saturated rings. The molecule has 5 nitrogen and oxygen atoms in total. The number of hydrogen-bond donors (Lipinski definition) is 1. The largest absolute Gasteiger partial charge is 0.481 e. The van der Waals surface area contributed by atoms with Crippen LogP contribution in [0.15, 0.2) is 6.07 Å². The first-order valence-electron chi connectivity index (χ1n) is 8.03. The van der Waals surface area contributed by atoms with E-state index in [-0.39, 0.29) is 6.10 Å². The predicted octanol–water partition coefficient (Wildman–Crippen LogP) is 2.31. The van der Waals surface area contributed by atoms with E-state index in [0.717, 1.165) is 50.3 Å². The maximum atomic E-state index is 10.4. The Morgan fingerprint density at radius 3 is 2.76 bits per heavy atom. The second kappa shape index (κ2) is 6.18. The standard InChI is InChI=1S/C16H25N3O2/c1-11-10-15(21-2)18-16(17-11)19-9-5-7-13(19)12-6-3-4-8-14(12)20/h10,12-14,20H,3-9H2,1-2H3/t12-,13-,14+/m1/s1. The highest BCUT2D eigenvalue weighted by molar-refractivity contribution is 5.37. The minimum Gasteiger partial charge on any atom is -0.481 e. The molecule has 3 rings (SSSR count). The highest BCUT2D eigenvalue weighted by atomic mass is 16.5. The second-order valence-electron chi connectivity index (χ2n) is 6.27. The van der Waals surface area contributed by atoms with Crippen LogP contribution in [0.3, 0.4) is 0 Å². The van der Waals surface area contributed by atoms with E-state index in [1.165, 1.54) is 6.42 Å². The second-order valence-corrected chi connectivity index (χ2v) is 6.27. The van der Waals surface area contributed by atoms with Crippen LogP contribution in [-0.2, 0) is 0 Å². The van der Waals surface area contributed by atoms with Gasteiger partial charge in [-0.3, -0.25) is 0 Å². The predicted molar refractivity (Wildman–Crippen MR) is 81.7 cm³/mol. The molecule has 0 bridgehead atoms. The third-order valence-electron chi connectivity index (χ3n) is 4.86. The van der Waals surface area contributed by atoms with Gasteiger partial charge in [-0.05, 0) is 32.6 Å². The van der Waals surface area contributed by atoms with E-state index in [4.69, 9.17) is 4.74 Å². The minimum absolute atomic E-state index is 0.170. The fourth-order valence-corrected chi connectivity index (χ4v) is 3.83. The van der Waals surface area contributed by atoms with Crippen LogP contribution in [0.25, 0.3) is 0 Å². The smallest absolute Gasteiger partial charge is 0.229 e. The summed E-state index contributed by atoms with van der Waals surface area (Å²) in [6.45, 7) is 2.94. The van der Waals surface area contributed by atoms with Crippen LogP contribution < -0.4 is 9.64 Å². The molecule has 2 aliphatic rings. The number of aromatic nitrogens is 2. The van der Waals surface area contributed by atoms with Crippen molar-refractivity contribution in [3.05, 3.63) is 11.8 Å². The zero-order valence-electron chi connectivity index (χ0n) is 13.0. The fourth-order valence-electron chi connectivity index (χ4n) is 3.83. The molecule has 0 amide bonds. The van der Waals surface area contributed by atoms with Crippen molar-refractivity contribution in [2.24, 2.45) is 5.92 Å². The molecule has 0 radical (unpaired) electrons. The maximum Gasteiger partial charge on any atom is 0.229 e. The Labute approximate surface area is 126 Å². The van der Waals surface area contributed by atoms with E-state index < -0.39 is 0 Å². The minimum atomic E-state index is -0.170. The molecular weight excluding hydrogens is 266 g/mol. The van der Waals surface area contributed by atoms with Crippen molar-refractivity contribution in [3.63, 3.8) is 0 Å². The number of rotatable bonds is 3. The quantitative estimate of drug-likeness (QED) is 0.926. The monoisotopic (exact) mass is 291 g/mol. The van der Waals surface area contributed by atoms with Gasteiger partial charge in [-0.25, -0.2) is 4.98 Å². The topological polar surface area (TPSA) is 58.5 Å². The summed E-state index contributed by atoms with van der Waals surface area (Å²) >= 11 is 0. The molecule has 0 spiro atoms. The van der Waals surface area contributed by atoms with Gasteiger partial charge < -0.3 is 14.7 Å². The third kappa shape index (κ3) is 2.98. The normalized spacial score (nSPS) is 29.7. The van der Waals surface area contributed by atoms with Crippen LogP contribution in [0.2, 0.25) is 0 Å². The van der Waals surface area contributed by atoms with Crippen molar-refractivity contribution in [2.45, 2.75) is 57.6 Å². The average molecular weight is 291 g/mol. The van der Waals surface area contributed by atoms with E-state index in [1.54, 1.807) is 7.11 Å². The summed E-state index contributed by atoms with van der Waals surface area (Å²) < 4.78 is 5.27. The number of nitrogens with zero attached hydrogens (tertiary/aromatic N) is 3. The Morgan fingerprint density at radius 2 is 2.00 bits per heavy atom. The number of aliphatic hydroxyl groups is 1. The molecule has 1 saturated heterocycles. The molecular formula is C16H25N3O2. The number of hydrogen-bond acceptors (Lipinski definition) is 5. The van der Waals surface area contributed by atoms with Crippen molar-refractivity contribution < 1.29 is 9.84 Å². The van der Waals surface area contributed by atoms with E-state index in [0.29, 0.717) is 17.8 Å². The van der Waals surface area contributed by atoms with Crippen molar-refractivity contribution in [1.29, 1.82) is 0 Å². The van der Waals surface area contributed by atoms with Crippen LogP contribution in [0.4, 0.5) is 5.95 Å². The zero-order chi connectivity index (χ0) is 14.8. The Morgan fingerprint density at radius 1 is 1.19 bits per heavy atom. The highest BCUT2D eigenvalue weighted by Crippen LogP contribution is 2.36. The molecule has 2 heterocycles. The maximum absolute atomic E-state index is 10.4. The van der Waals surface area contributed by atoms with Gasteiger partial charge in [-0.2, -0.15) is 4.98 Å². The van der Waals surface area contributed by atoms with Crippen LogP contribution >= 0.6 is 0 Å². The lowest BCUT2D eigenvalue weighted by Gasteiger charge is -2.37. The molecule has 1 N–H and O–H groups in total. The van der Waals surface area contributed by atoms with Crippen molar-refractivity contribution >= 4 is 5.95 Å². The molecule has 0 unspecified atom stereocenters. The Balaban J connectivity index is 1.84. The van der Waals surface area contributed by atoms with Crippen LogP contribution in [-0.4, -0.2) is 40.9 Å². The molecule has 3 atom stereocenters. The first kappa shape index (κ1) is 14.6. The summed E-state index contributed by atoms with van der Waals surface area (Å²) in [4.78, 5) is 11.4. The van der Waals surface area contributed by atoms with E-state index in [1.807, 2.05) is 13.0 Å². The third-order valence-corrected chi connectivity index (χ3v) is 4.86. The number of methoxy groups -OCH3 is 1. The highest BCUT2D eigenvalue weighted by Gasteiger charge is 2.38. The van der Waals surface area contributed by atoms with Crippen molar-refractivity contribution in [3.8, 4) is 5.88 Å². The molecule has 1 aliphatic heterocycles. The lowest BCUT2D eigenvalue weighted by atomic mass is 9.80.